The van der Waals surface area contributed by atoms with Crippen molar-refractivity contribution in [2.45, 2.75) is 65.9 Å². The first-order chi connectivity index (χ1) is 11.8. The first-order valence-corrected chi connectivity index (χ1v) is 9.60. The molecule has 0 spiro atoms. The third kappa shape index (κ3) is 8.56. The summed E-state index contributed by atoms with van der Waals surface area (Å²) < 4.78 is 11.1. The van der Waals surface area contributed by atoms with Gasteiger partial charge in [0, 0.05) is 32.1 Å². The van der Waals surface area contributed by atoms with Crippen LogP contribution < -0.4 is 0 Å². The molecule has 6 nitrogen and oxygen atoms in total. The molecule has 1 aliphatic heterocycles. The average molecular weight is 357 g/mol. The van der Waals surface area contributed by atoms with Crippen molar-refractivity contribution in [2.75, 3.05) is 39.4 Å². The molecule has 0 bridgehead atoms. The SMILES string of the molecule is CCCN(CCC)C(=O)COC[C@H]1CCCN(C(=O)OC(C)(C)C)C1. The highest BCUT2D eigenvalue weighted by molar-refractivity contribution is 5.77. The van der Waals surface area contributed by atoms with Crippen LogP contribution in [0.4, 0.5) is 4.79 Å². The van der Waals surface area contributed by atoms with Crippen molar-refractivity contribution in [1.82, 2.24) is 9.80 Å². The van der Waals surface area contributed by atoms with Crippen molar-refractivity contribution in [3.05, 3.63) is 0 Å². The molecule has 1 rings (SSSR count). The molecule has 1 saturated heterocycles. The van der Waals surface area contributed by atoms with Crippen LogP contribution in [-0.4, -0.2) is 66.8 Å². The number of piperidine rings is 1. The topological polar surface area (TPSA) is 59.1 Å². The largest absolute Gasteiger partial charge is 0.444 e. The molecular weight excluding hydrogens is 320 g/mol. The summed E-state index contributed by atoms with van der Waals surface area (Å²) in [6.07, 6.45) is 3.61. The van der Waals surface area contributed by atoms with Gasteiger partial charge in [-0.15, -0.1) is 0 Å². The third-order valence-corrected chi connectivity index (χ3v) is 4.09. The summed E-state index contributed by atoms with van der Waals surface area (Å²) >= 11 is 0. The van der Waals surface area contributed by atoms with Crippen molar-refractivity contribution in [2.24, 2.45) is 5.92 Å². The van der Waals surface area contributed by atoms with Crippen LogP contribution >= 0.6 is 0 Å². The van der Waals surface area contributed by atoms with Gasteiger partial charge in [0.05, 0.1) is 6.61 Å². The van der Waals surface area contributed by atoms with Crippen LogP contribution in [0.25, 0.3) is 0 Å². The molecule has 2 amide bonds. The summed E-state index contributed by atoms with van der Waals surface area (Å²) in [5, 5.41) is 0. The van der Waals surface area contributed by atoms with Gasteiger partial charge in [-0.05, 0) is 46.5 Å². The van der Waals surface area contributed by atoms with Crippen molar-refractivity contribution in [3.63, 3.8) is 0 Å². The molecule has 0 radical (unpaired) electrons. The van der Waals surface area contributed by atoms with Crippen LogP contribution in [0.15, 0.2) is 0 Å². The molecule has 0 saturated carbocycles. The zero-order chi connectivity index (χ0) is 18.9. The molecule has 25 heavy (non-hydrogen) atoms. The second-order valence-electron chi connectivity index (χ2n) is 7.83. The van der Waals surface area contributed by atoms with Gasteiger partial charge in [0.1, 0.15) is 12.2 Å². The van der Waals surface area contributed by atoms with E-state index in [1.165, 1.54) is 0 Å². The Kier molecular flexibility index (Phi) is 9.25. The highest BCUT2D eigenvalue weighted by atomic mass is 16.6. The highest BCUT2D eigenvalue weighted by Crippen LogP contribution is 2.19. The van der Waals surface area contributed by atoms with E-state index < -0.39 is 5.60 Å². The van der Waals surface area contributed by atoms with Gasteiger partial charge in [-0.3, -0.25) is 4.79 Å². The maximum absolute atomic E-state index is 12.2. The van der Waals surface area contributed by atoms with Gasteiger partial charge in [-0.2, -0.15) is 0 Å². The van der Waals surface area contributed by atoms with Crippen molar-refractivity contribution in [3.8, 4) is 0 Å². The van der Waals surface area contributed by atoms with E-state index in [2.05, 4.69) is 13.8 Å². The van der Waals surface area contributed by atoms with Crippen molar-refractivity contribution >= 4 is 12.0 Å². The quantitative estimate of drug-likeness (QED) is 0.669. The molecular formula is C19H36N2O4. The summed E-state index contributed by atoms with van der Waals surface area (Å²) in [7, 11) is 0. The fourth-order valence-corrected chi connectivity index (χ4v) is 3.00. The molecule has 0 aromatic heterocycles. The van der Waals surface area contributed by atoms with E-state index in [4.69, 9.17) is 9.47 Å². The normalized spacial score (nSPS) is 18.1. The van der Waals surface area contributed by atoms with Crippen LogP contribution in [-0.2, 0) is 14.3 Å². The van der Waals surface area contributed by atoms with E-state index in [1.54, 1.807) is 4.90 Å². The zero-order valence-electron chi connectivity index (χ0n) is 16.7. The van der Waals surface area contributed by atoms with E-state index in [-0.39, 0.29) is 24.5 Å². The number of ether oxygens (including phenoxy) is 2. The van der Waals surface area contributed by atoms with E-state index in [1.807, 2.05) is 25.7 Å². The molecule has 1 heterocycles. The van der Waals surface area contributed by atoms with Gasteiger partial charge >= 0.3 is 6.09 Å². The lowest BCUT2D eigenvalue weighted by molar-refractivity contribution is -0.137. The molecule has 1 aliphatic rings. The number of hydrogen-bond donors (Lipinski definition) is 0. The molecule has 0 unspecified atom stereocenters. The Morgan fingerprint density at radius 1 is 1.16 bits per heavy atom. The smallest absolute Gasteiger partial charge is 0.410 e. The number of carbonyl (C=O) groups is 2. The summed E-state index contributed by atoms with van der Waals surface area (Å²) in [6.45, 7) is 13.3. The maximum Gasteiger partial charge on any atom is 0.410 e. The van der Waals surface area contributed by atoms with Gasteiger partial charge in [-0.25, -0.2) is 4.79 Å². The predicted octanol–water partition coefficient (Wildman–Crippen LogP) is 3.30. The highest BCUT2D eigenvalue weighted by Gasteiger charge is 2.27. The lowest BCUT2D eigenvalue weighted by Crippen LogP contribution is -2.44. The number of carbonyl (C=O) groups excluding carboxylic acids is 2. The second kappa shape index (κ2) is 10.6. The van der Waals surface area contributed by atoms with Gasteiger partial charge in [0.15, 0.2) is 0 Å². The van der Waals surface area contributed by atoms with Crippen LogP contribution in [0.5, 0.6) is 0 Å². The van der Waals surface area contributed by atoms with Crippen LogP contribution in [0.3, 0.4) is 0 Å². The zero-order valence-corrected chi connectivity index (χ0v) is 16.7. The van der Waals surface area contributed by atoms with E-state index in [0.29, 0.717) is 13.2 Å². The minimum Gasteiger partial charge on any atom is -0.444 e. The molecule has 0 N–H and O–H groups in total. The maximum atomic E-state index is 12.2. The molecule has 146 valence electrons. The van der Waals surface area contributed by atoms with E-state index in [9.17, 15) is 9.59 Å². The third-order valence-electron chi connectivity index (χ3n) is 4.09. The monoisotopic (exact) mass is 356 g/mol. The Balaban J connectivity index is 2.37. The van der Waals surface area contributed by atoms with Crippen LogP contribution in [0.2, 0.25) is 0 Å². The standard InChI is InChI=1S/C19H36N2O4/c1-6-10-20(11-7-2)17(22)15-24-14-16-9-8-12-21(13-16)18(23)25-19(3,4)5/h16H,6-15H2,1-5H3/t16-/m0/s1. The average Bonchev–Trinajstić information content (AvgIpc) is 2.53. The number of amides is 2. The van der Waals surface area contributed by atoms with Crippen LogP contribution in [0, 0.1) is 5.92 Å². The first kappa shape index (κ1) is 21.7. The first-order valence-electron chi connectivity index (χ1n) is 9.60. The Morgan fingerprint density at radius 3 is 2.36 bits per heavy atom. The summed E-state index contributed by atoms with van der Waals surface area (Å²) in [5.74, 6) is 0.323. The Hall–Kier alpha value is -1.30. The fraction of sp³-hybridized carbons (Fsp3) is 0.895. The van der Waals surface area contributed by atoms with Crippen molar-refractivity contribution < 1.29 is 19.1 Å². The van der Waals surface area contributed by atoms with Gasteiger partial charge in [0.2, 0.25) is 5.91 Å². The Bertz CT molecular complexity index is 414. The molecule has 6 heteroatoms. The fourth-order valence-electron chi connectivity index (χ4n) is 3.00. The summed E-state index contributed by atoms with van der Waals surface area (Å²) in [6, 6.07) is 0. The van der Waals surface area contributed by atoms with Gasteiger partial charge in [-0.1, -0.05) is 13.8 Å². The molecule has 0 aliphatic carbocycles. The summed E-state index contributed by atoms with van der Waals surface area (Å²) in [5.41, 5.74) is -0.477. The summed E-state index contributed by atoms with van der Waals surface area (Å²) in [4.78, 5) is 28.0. The lowest BCUT2D eigenvalue weighted by atomic mass is 9.99. The number of nitrogens with zero attached hydrogens (tertiary/aromatic N) is 2. The van der Waals surface area contributed by atoms with Gasteiger partial charge in [0.25, 0.3) is 0 Å². The minimum atomic E-state index is -0.477. The van der Waals surface area contributed by atoms with E-state index in [0.717, 1.165) is 45.3 Å². The number of rotatable bonds is 8. The minimum absolute atomic E-state index is 0.0588. The molecule has 0 aromatic carbocycles. The van der Waals surface area contributed by atoms with E-state index >= 15 is 0 Å². The number of likely N-dealkylation sites (tertiary alicyclic amines) is 1. The Labute approximate surface area is 152 Å². The predicted molar refractivity (Wildman–Crippen MR) is 98.5 cm³/mol. The molecule has 1 atom stereocenters. The number of hydrogen-bond acceptors (Lipinski definition) is 4. The van der Waals surface area contributed by atoms with Crippen LogP contribution in [0.1, 0.15) is 60.3 Å². The van der Waals surface area contributed by atoms with Crippen molar-refractivity contribution in [1.29, 1.82) is 0 Å². The molecule has 0 aromatic rings. The lowest BCUT2D eigenvalue weighted by Gasteiger charge is -2.34. The molecule has 1 fully saturated rings. The van der Waals surface area contributed by atoms with Gasteiger partial charge < -0.3 is 19.3 Å². The second-order valence-corrected chi connectivity index (χ2v) is 7.83. The Morgan fingerprint density at radius 2 is 1.80 bits per heavy atom.